The zero-order chi connectivity index (χ0) is 10.3. The molecule has 0 saturated heterocycles. The van der Waals surface area contributed by atoms with E-state index in [1.54, 1.807) is 0 Å². The summed E-state index contributed by atoms with van der Waals surface area (Å²) in [4.78, 5) is 4.54. The Hall–Kier alpha value is -0.850. The van der Waals surface area contributed by atoms with Crippen LogP contribution in [-0.2, 0) is 12.8 Å². The summed E-state index contributed by atoms with van der Waals surface area (Å²) in [6.45, 7) is 2.49. The van der Waals surface area contributed by atoms with Gasteiger partial charge in [-0.15, -0.1) is 0 Å². The second-order valence-corrected chi connectivity index (χ2v) is 5.59. The Kier molecular flexibility index (Phi) is 2.08. The monoisotopic (exact) mass is 201 g/mol. The first-order chi connectivity index (χ1) is 7.28. The van der Waals surface area contributed by atoms with E-state index >= 15 is 0 Å². The van der Waals surface area contributed by atoms with Gasteiger partial charge in [0.2, 0.25) is 0 Å². The largest absolute Gasteiger partial charge is 0.261 e. The van der Waals surface area contributed by atoms with Gasteiger partial charge in [0.05, 0.1) is 0 Å². The van der Waals surface area contributed by atoms with E-state index in [2.05, 4.69) is 24.0 Å². The number of fused-ring (bicyclic) bond motifs is 2. The molecule has 1 heterocycles. The molecule has 80 valence electrons. The van der Waals surface area contributed by atoms with Crippen LogP contribution in [0.2, 0.25) is 0 Å². The fourth-order valence-corrected chi connectivity index (χ4v) is 3.54. The molecule has 2 atom stereocenters. The van der Waals surface area contributed by atoms with Crippen LogP contribution in [0.25, 0.3) is 0 Å². The summed E-state index contributed by atoms with van der Waals surface area (Å²) in [5.74, 6) is 0.897. The summed E-state index contributed by atoms with van der Waals surface area (Å²) < 4.78 is 0. The van der Waals surface area contributed by atoms with Gasteiger partial charge >= 0.3 is 0 Å². The molecule has 15 heavy (non-hydrogen) atoms. The minimum Gasteiger partial charge on any atom is -0.261 e. The second-order valence-electron chi connectivity index (χ2n) is 5.59. The van der Waals surface area contributed by atoms with Crippen LogP contribution >= 0.6 is 0 Å². The number of hydrogen-bond acceptors (Lipinski definition) is 1. The van der Waals surface area contributed by atoms with Gasteiger partial charge in [-0.1, -0.05) is 25.8 Å². The topological polar surface area (TPSA) is 12.9 Å². The molecule has 2 aliphatic carbocycles. The third-order valence-corrected chi connectivity index (χ3v) is 4.55. The Morgan fingerprint density at radius 3 is 3.27 bits per heavy atom. The van der Waals surface area contributed by atoms with E-state index in [1.165, 1.54) is 49.8 Å². The van der Waals surface area contributed by atoms with Gasteiger partial charge in [0.25, 0.3) is 0 Å². The fourth-order valence-electron chi connectivity index (χ4n) is 3.54. The van der Waals surface area contributed by atoms with E-state index in [9.17, 15) is 0 Å². The Bertz CT molecular complexity index is 371. The smallest absolute Gasteiger partial charge is 0.0438 e. The van der Waals surface area contributed by atoms with Crippen molar-refractivity contribution in [2.45, 2.75) is 45.4 Å². The van der Waals surface area contributed by atoms with E-state index in [0.717, 1.165) is 5.92 Å². The molecule has 0 spiro atoms. The molecule has 1 aromatic heterocycles. The van der Waals surface area contributed by atoms with Crippen molar-refractivity contribution in [3.05, 3.63) is 29.6 Å². The van der Waals surface area contributed by atoms with Crippen molar-refractivity contribution in [2.75, 3.05) is 0 Å². The minimum atomic E-state index is 0.578. The predicted molar refractivity (Wildman–Crippen MR) is 61.7 cm³/mol. The molecule has 1 nitrogen and oxygen atoms in total. The van der Waals surface area contributed by atoms with Crippen LogP contribution in [0.4, 0.5) is 0 Å². The maximum atomic E-state index is 4.54. The molecule has 0 bridgehead atoms. The summed E-state index contributed by atoms with van der Waals surface area (Å²) in [6.07, 6.45) is 10.2. The third-order valence-electron chi connectivity index (χ3n) is 4.55. The Morgan fingerprint density at radius 1 is 1.40 bits per heavy atom. The number of nitrogens with zero attached hydrogens (tertiary/aromatic N) is 1. The molecule has 0 N–H and O–H groups in total. The molecule has 0 aliphatic heterocycles. The summed E-state index contributed by atoms with van der Waals surface area (Å²) >= 11 is 0. The molecule has 0 amide bonds. The van der Waals surface area contributed by atoms with Crippen LogP contribution < -0.4 is 0 Å². The van der Waals surface area contributed by atoms with Crippen molar-refractivity contribution >= 4 is 0 Å². The number of aromatic nitrogens is 1. The van der Waals surface area contributed by atoms with E-state index in [0.29, 0.717) is 5.41 Å². The zero-order valence-corrected chi connectivity index (χ0v) is 9.50. The average molecular weight is 201 g/mol. The van der Waals surface area contributed by atoms with E-state index < -0.39 is 0 Å². The Balaban J connectivity index is 1.98. The van der Waals surface area contributed by atoms with Crippen molar-refractivity contribution < 1.29 is 0 Å². The van der Waals surface area contributed by atoms with E-state index in [4.69, 9.17) is 0 Å². The Labute approximate surface area is 91.9 Å². The first-order valence-corrected chi connectivity index (χ1v) is 6.21. The highest BCUT2D eigenvalue weighted by molar-refractivity contribution is 5.26. The minimum absolute atomic E-state index is 0.578. The molecule has 1 saturated carbocycles. The average Bonchev–Trinajstić information content (AvgIpc) is 2.25. The first kappa shape index (κ1) is 9.38. The number of rotatable bonds is 0. The fraction of sp³-hybridized carbons (Fsp3) is 0.643. The van der Waals surface area contributed by atoms with E-state index in [1.807, 2.05) is 6.20 Å². The second kappa shape index (κ2) is 3.33. The van der Waals surface area contributed by atoms with Crippen LogP contribution in [0.1, 0.15) is 43.9 Å². The molecule has 2 aliphatic rings. The van der Waals surface area contributed by atoms with Crippen LogP contribution in [0.3, 0.4) is 0 Å². The maximum Gasteiger partial charge on any atom is 0.0438 e. The van der Waals surface area contributed by atoms with Crippen molar-refractivity contribution in [3.63, 3.8) is 0 Å². The summed E-state index contributed by atoms with van der Waals surface area (Å²) in [5, 5.41) is 0. The van der Waals surface area contributed by atoms with Gasteiger partial charge in [-0.25, -0.2) is 0 Å². The summed E-state index contributed by atoms with van der Waals surface area (Å²) in [6, 6.07) is 4.36. The molecule has 1 aromatic rings. The molecule has 0 radical (unpaired) electrons. The third kappa shape index (κ3) is 1.49. The SMILES string of the molecule is CC12CCCCC1Cc1ncccc1C2. The lowest BCUT2D eigenvalue weighted by atomic mass is 9.60. The normalized spacial score (nSPS) is 34.3. The van der Waals surface area contributed by atoms with Crippen molar-refractivity contribution in [2.24, 2.45) is 11.3 Å². The molecule has 2 unspecified atom stereocenters. The lowest BCUT2D eigenvalue weighted by Gasteiger charge is -2.45. The van der Waals surface area contributed by atoms with E-state index in [-0.39, 0.29) is 0 Å². The van der Waals surface area contributed by atoms with Gasteiger partial charge in [-0.2, -0.15) is 0 Å². The quantitative estimate of drug-likeness (QED) is 0.627. The molecule has 3 rings (SSSR count). The van der Waals surface area contributed by atoms with Gasteiger partial charge in [-0.3, -0.25) is 4.98 Å². The van der Waals surface area contributed by atoms with Gasteiger partial charge in [0.15, 0.2) is 0 Å². The van der Waals surface area contributed by atoms with Crippen LogP contribution in [0.5, 0.6) is 0 Å². The van der Waals surface area contributed by atoms with Crippen LogP contribution in [0.15, 0.2) is 18.3 Å². The highest BCUT2D eigenvalue weighted by Crippen LogP contribution is 2.48. The lowest BCUT2D eigenvalue weighted by Crippen LogP contribution is -2.38. The highest BCUT2D eigenvalue weighted by atomic mass is 14.7. The molecule has 1 heteroatoms. The zero-order valence-electron chi connectivity index (χ0n) is 9.50. The lowest BCUT2D eigenvalue weighted by molar-refractivity contribution is 0.102. The molecule has 0 aromatic carbocycles. The van der Waals surface area contributed by atoms with Gasteiger partial charge < -0.3 is 0 Å². The van der Waals surface area contributed by atoms with Crippen molar-refractivity contribution in [3.8, 4) is 0 Å². The number of hydrogen-bond donors (Lipinski definition) is 0. The van der Waals surface area contributed by atoms with Crippen LogP contribution in [-0.4, -0.2) is 4.98 Å². The number of pyridine rings is 1. The van der Waals surface area contributed by atoms with Crippen molar-refractivity contribution in [1.29, 1.82) is 0 Å². The highest BCUT2D eigenvalue weighted by Gasteiger charge is 2.40. The molecule has 1 fully saturated rings. The van der Waals surface area contributed by atoms with Gasteiger partial charge in [0, 0.05) is 11.9 Å². The predicted octanol–water partition coefficient (Wildman–Crippen LogP) is 3.38. The first-order valence-electron chi connectivity index (χ1n) is 6.21. The van der Waals surface area contributed by atoms with Gasteiger partial charge in [0.1, 0.15) is 0 Å². The summed E-state index contributed by atoms with van der Waals surface area (Å²) in [7, 11) is 0. The van der Waals surface area contributed by atoms with Gasteiger partial charge in [-0.05, 0) is 48.6 Å². The molecular formula is C14H19N. The summed E-state index contributed by atoms with van der Waals surface area (Å²) in [5.41, 5.74) is 3.47. The Morgan fingerprint density at radius 2 is 2.33 bits per heavy atom. The van der Waals surface area contributed by atoms with Crippen molar-refractivity contribution in [1.82, 2.24) is 4.98 Å². The maximum absolute atomic E-state index is 4.54. The standard InChI is InChI=1S/C14H19N/c1-14-7-3-2-6-12(14)9-13-11(10-14)5-4-8-15-13/h4-5,8,12H,2-3,6-7,9-10H2,1H3. The van der Waals surface area contributed by atoms with Crippen LogP contribution in [0, 0.1) is 11.3 Å². The molecular weight excluding hydrogens is 182 g/mol.